The largest absolute Gasteiger partial charge is 0.481 e. The van der Waals surface area contributed by atoms with E-state index in [4.69, 9.17) is 49.0 Å². The minimum absolute atomic E-state index is 0.0332. The lowest BCUT2D eigenvalue weighted by Gasteiger charge is -2.36. The molecule has 12 nitrogen and oxygen atoms in total. The Morgan fingerprint density at radius 2 is 1.32 bits per heavy atom. The van der Waals surface area contributed by atoms with Crippen molar-refractivity contribution in [3.63, 3.8) is 0 Å². The van der Waals surface area contributed by atoms with Crippen molar-refractivity contribution in [2.45, 2.75) is 137 Å². The molecule has 1 aliphatic heterocycles. The highest BCUT2D eigenvalue weighted by atomic mass is 35.6. The lowest BCUT2D eigenvalue weighted by molar-refractivity contribution is -0.132. The Morgan fingerprint density at radius 1 is 0.722 bits per heavy atom. The quantitative estimate of drug-likeness (QED) is 0.0679. The maximum Gasteiger partial charge on any atom is 0.248 e. The van der Waals surface area contributed by atoms with Gasteiger partial charge in [-0.3, -0.25) is 24.4 Å². The number of imidazole rings is 1. The van der Waals surface area contributed by atoms with Gasteiger partial charge in [-0.2, -0.15) is 11.1 Å². The summed E-state index contributed by atoms with van der Waals surface area (Å²) >= 11 is 18.5. The van der Waals surface area contributed by atoms with Crippen LogP contribution in [0.2, 0.25) is 26.7 Å². The lowest BCUT2D eigenvalue weighted by atomic mass is 10.0. The van der Waals surface area contributed by atoms with Gasteiger partial charge in [0.25, 0.3) is 0 Å². The van der Waals surface area contributed by atoms with E-state index in [-0.39, 0.29) is 17.2 Å². The molecule has 0 bridgehead atoms. The number of nitrogens with one attached hydrogen (secondary N) is 1. The third-order valence-electron chi connectivity index (χ3n) is 14.9. The number of carbonyl (C=O) groups is 2. The summed E-state index contributed by atoms with van der Waals surface area (Å²) in [4.78, 5) is 60.6. The molecule has 3 aromatic carbocycles. The molecule has 1 fully saturated rings. The molecule has 1 N–H and O–H groups in total. The standard InChI is InChI=1S/C29H29N5O2.C10H8ClNO.C9H6ClNO.C9H21ClSi.C6H15N/c1-3-26(35)23-11-10-20(15-30-23)24-14-19-6-5-7-21(22(19)16-31-24)28-25-17-33(27(36)4-2)12-13-34(25)29(32-28)18-8-9-18;1-13-10-5-7-3-2-4-9(11)8(7)6-12-10;10-8-3-1-2-6-4-9(12)11-5-7(6)8;1-7(2)11(10,8(3)4)9(5)6;1-4-7(5-2)6-3/h5-7,10-11,14-16,18H,3-4,8-9,12-13,17H2,1-2H3;2-6H,1H3;1-5H,(H,11,12);7-9H,1-6H3;4-6H2,1-3H3. The molecule has 0 radical (unpaired) electrons. The second-order valence-electron chi connectivity index (χ2n) is 20.8. The Balaban J connectivity index is 0.000000191. The molecule has 10 rings (SSSR count). The predicted molar refractivity (Wildman–Crippen MR) is 332 cm³/mol. The van der Waals surface area contributed by atoms with Crippen molar-refractivity contribution < 1.29 is 14.3 Å². The van der Waals surface area contributed by atoms with Gasteiger partial charge < -0.3 is 24.1 Å². The Bertz CT molecular complexity index is 3350. The van der Waals surface area contributed by atoms with Gasteiger partial charge in [0.15, 0.2) is 13.2 Å². The number of benzene rings is 3. The first-order valence-electron chi connectivity index (χ1n) is 27.9. The van der Waals surface area contributed by atoms with Crippen LogP contribution in [0.5, 0.6) is 5.88 Å². The molecule has 1 aliphatic carbocycles. The van der Waals surface area contributed by atoms with Crippen molar-refractivity contribution in [1.29, 1.82) is 0 Å². The molecule has 5 aromatic heterocycles. The highest BCUT2D eigenvalue weighted by molar-refractivity contribution is 7.22. The van der Waals surface area contributed by atoms with E-state index in [2.05, 4.69) is 111 Å². The molecule has 0 unspecified atom stereocenters. The fourth-order valence-corrected chi connectivity index (χ4v) is 14.7. The van der Waals surface area contributed by atoms with E-state index in [9.17, 15) is 14.4 Å². The summed E-state index contributed by atoms with van der Waals surface area (Å²) < 4.78 is 7.37. The van der Waals surface area contributed by atoms with Crippen molar-refractivity contribution in [2.24, 2.45) is 0 Å². The third-order valence-corrected chi connectivity index (χ3v) is 24.8. The summed E-state index contributed by atoms with van der Waals surface area (Å²) in [6.45, 7) is 29.6. The Hall–Kier alpha value is -5.96. The average Bonchev–Trinajstić information content (AvgIpc) is 4.39. The highest BCUT2D eigenvalue weighted by Gasteiger charge is 2.41. The maximum atomic E-state index is 12.5. The minimum atomic E-state index is -1.51. The highest BCUT2D eigenvalue weighted by Crippen LogP contribution is 2.45. The van der Waals surface area contributed by atoms with Crippen LogP contribution in [0.25, 0.3) is 54.8 Å². The molecule has 0 saturated heterocycles. The molecule has 1 amide bonds. The number of aromatic amines is 1. The maximum absolute atomic E-state index is 12.5. The van der Waals surface area contributed by atoms with Crippen molar-refractivity contribution >= 4 is 85.7 Å². The molecule has 0 atom stereocenters. The summed E-state index contributed by atoms with van der Waals surface area (Å²) in [7, 11) is 0.0867. The number of halogens is 3. The van der Waals surface area contributed by atoms with E-state index in [1.54, 1.807) is 37.8 Å². The summed E-state index contributed by atoms with van der Waals surface area (Å²) in [6, 6.07) is 26.6. The molecule has 16 heteroatoms. The molecule has 2 aliphatic rings. The van der Waals surface area contributed by atoms with Crippen LogP contribution in [0, 0.1) is 0 Å². The van der Waals surface area contributed by atoms with Gasteiger partial charge in [0, 0.05) is 106 Å². The van der Waals surface area contributed by atoms with E-state index < -0.39 is 7.38 Å². The number of hydrogen-bond acceptors (Lipinski definition) is 9. The van der Waals surface area contributed by atoms with E-state index >= 15 is 0 Å². The van der Waals surface area contributed by atoms with Crippen molar-refractivity contribution in [2.75, 3.05) is 33.3 Å². The van der Waals surface area contributed by atoms with Gasteiger partial charge in [0.05, 0.1) is 30.7 Å². The monoisotopic (exact) mass is 1140 g/mol. The molecule has 8 aromatic rings. The number of carbonyl (C=O) groups excluding carboxylic acids is 2. The second kappa shape index (κ2) is 29.0. The fourth-order valence-electron chi connectivity index (χ4n) is 10.2. The SMILES string of the molecule is CC(C)[Si](Cl)(C(C)C)C(C)C.CCC(=O)c1ccc(-c2cc3cccc(-c4nc(C5CC5)n5c4CN(C(=O)CC)CC5)c3cn2)cn1.CCN(CC)CC.COc1cc2cccc(Cl)c2cn1.O=c1cc2cccc(Cl)c2c[nH]1. The van der Waals surface area contributed by atoms with Gasteiger partial charge >= 0.3 is 0 Å². The van der Waals surface area contributed by atoms with E-state index in [0.29, 0.717) is 63.5 Å². The van der Waals surface area contributed by atoms with Crippen molar-refractivity contribution in [3.05, 3.63) is 147 Å². The van der Waals surface area contributed by atoms with Gasteiger partial charge in [-0.25, -0.2) is 9.97 Å². The Morgan fingerprint density at radius 3 is 1.85 bits per heavy atom. The molecular weight excluding hydrogens is 1070 g/mol. The molecule has 79 heavy (non-hydrogen) atoms. The number of Topliss-reactive ketones (excluding diaryl/α,β-unsaturated/α-hetero) is 1. The summed E-state index contributed by atoms with van der Waals surface area (Å²) in [6.07, 6.45) is 10.3. The van der Waals surface area contributed by atoms with Gasteiger partial charge in [0.1, 0.15) is 11.5 Å². The van der Waals surface area contributed by atoms with Crippen LogP contribution in [-0.2, 0) is 17.9 Å². The van der Waals surface area contributed by atoms with Crippen LogP contribution < -0.4 is 10.3 Å². The molecule has 6 heterocycles. The summed E-state index contributed by atoms with van der Waals surface area (Å²) in [5.41, 5.74) is 7.26. The molecule has 420 valence electrons. The normalized spacial score (nSPS) is 13.0. The number of hydrogen-bond donors (Lipinski definition) is 1. The topological polar surface area (TPSA) is 139 Å². The van der Waals surface area contributed by atoms with Crippen LogP contribution in [0.4, 0.5) is 0 Å². The second-order valence-corrected chi connectivity index (χ2v) is 28.7. The number of fused-ring (bicyclic) bond motifs is 4. The summed E-state index contributed by atoms with van der Waals surface area (Å²) in [5, 5.41) is 7.21. The number of nitrogens with zero attached hydrogens (tertiary/aromatic N) is 7. The number of aromatic nitrogens is 6. The fraction of sp³-hybridized carbons (Fsp3) is 0.413. The Kier molecular flexibility index (Phi) is 22.8. The first-order chi connectivity index (χ1) is 37.8. The van der Waals surface area contributed by atoms with Gasteiger partial charge in [-0.15, -0.1) is 0 Å². The zero-order valence-electron chi connectivity index (χ0n) is 48.2. The zero-order valence-corrected chi connectivity index (χ0v) is 51.4. The number of pyridine rings is 4. The van der Waals surface area contributed by atoms with Crippen LogP contribution in [0.1, 0.15) is 130 Å². The number of methoxy groups -OCH3 is 1. The lowest BCUT2D eigenvalue weighted by Crippen LogP contribution is -2.38. The number of ether oxygens (including phenoxy) is 1. The first-order valence-corrected chi connectivity index (χ1v) is 31.9. The van der Waals surface area contributed by atoms with Gasteiger partial charge in [-0.05, 0) is 95.6 Å². The number of ketones is 1. The molecular formula is C63H79Cl3N8O4Si. The molecule has 0 spiro atoms. The first kappa shape index (κ1) is 62.2. The Labute approximate surface area is 483 Å². The van der Waals surface area contributed by atoms with E-state index in [0.717, 1.165) is 79.4 Å². The van der Waals surface area contributed by atoms with Gasteiger partial charge in [-0.1, -0.05) is 142 Å². The number of rotatable bonds is 13. The van der Waals surface area contributed by atoms with Gasteiger partial charge in [0.2, 0.25) is 17.3 Å². The van der Waals surface area contributed by atoms with Crippen molar-refractivity contribution in [3.8, 4) is 28.4 Å². The van der Waals surface area contributed by atoms with Crippen LogP contribution >= 0.6 is 34.3 Å². The molecule has 1 saturated carbocycles. The van der Waals surface area contributed by atoms with E-state index in [1.165, 1.54) is 38.5 Å². The van der Waals surface area contributed by atoms with Crippen molar-refractivity contribution in [1.82, 2.24) is 39.3 Å². The average molecular weight is 1150 g/mol. The van der Waals surface area contributed by atoms with E-state index in [1.807, 2.05) is 67.4 Å². The summed E-state index contributed by atoms with van der Waals surface area (Å²) in [5.74, 6) is 2.52. The van der Waals surface area contributed by atoms with Crippen LogP contribution in [0.15, 0.2) is 115 Å². The smallest absolute Gasteiger partial charge is 0.248 e. The number of H-pyrrole nitrogens is 1. The minimum Gasteiger partial charge on any atom is -0.481 e. The third kappa shape index (κ3) is 15.5. The van der Waals surface area contributed by atoms with Crippen LogP contribution in [0.3, 0.4) is 0 Å². The van der Waals surface area contributed by atoms with Crippen LogP contribution in [-0.4, -0.2) is 91.6 Å². The predicted octanol–water partition coefficient (Wildman–Crippen LogP) is 16.2. The zero-order chi connectivity index (χ0) is 57.6. The number of amides is 1.